The summed E-state index contributed by atoms with van der Waals surface area (Å²) in [7, 11) is -0.00782. The highest BCUT2D eigenvalue weighted by molar-refractivity contribution is 7.89. The van der Waals surface area contributed by atoms with E-state index < -0.39 is 15.8 Å². The van der Waals surface area contributed by atoms with E-state index in [1.165, 1.54) is 16.4 Å². The lowest BCUT2D eigenvalue weighted by Crippen LogP contribution is -2.33. The van der Waals surface area contributed by atoms with Gasteiger partial charge in [-0.15, -0.1) is 0 Å². The summed E-state index contributed by atoms with van der Waals surface area (Å²) in [4.78, 5) is 14.2. The first-order valence-electron chi connectivity index (χ1n) is 10.9. The van der Waals surface area contributed by atoms with E-state index in [1.54, 1.807) is 0 Å². The fourth-order valence-electron chi connectivity index (χ4n) is 3.59. The molecule has 0 radical (unpaired) electrons. The zero-order chi connectivity index (χ0) is 23.5. The van der Waals surface area contributed by atoms with Crippen molar-refractivity contribution in [2.24, 2.45) is 11.8 Å². The molecule has 0 aliphatic heterocycles. The van der Waals surface area contributed by atoms with E-state index in [9.17, 15) is 17.6 Å². The van der Waals surface area contributed by atoms with Crippen LogP contribution >= 0.6 is 0 Å². The molecule has 0 bridgehead atoms. The molecule has 8 heteroatoms. The summed E-state index contributed by atoms with van der Waals surface area (Å²) in [6.07, 6.45) is 2.42. The Morgan fingerprint density at radius 2 is 1.78 bits per heavy atom. The highest BCUT2D eigenvalue weighted by Crippen LogP contribution is 2.34. The number of hydrogen-bond donors (Lipinski definition) is 1. The second-order valence-electron chi connectivity index (χ2n) is 9.08. The maximum Gasteiger partial charge on any atom is 0.243 e. The summed E-state index contributed by atoms with van der Waals surface area (Å²) in [5.41, 5.74) is 2.31. The SMILES string of the molecule is CC(C)CC(=O)Nc1ccc(N(C)C)c(CN(CC2CC2)S(=O)(=O)c2ccc(F)cc2)c1. The summed E-state index contributed by atoms with van der Waals surface area (Å²) in [6, 6.07) is 10.5. The lowest BCUT2D eigenvalue weighted by atomic mass is 10.1. The number of anilines is 2. The monoisotopic (exact) mass is 461 g/mol. The van der Waals surface area contributed by atoms with Crippen molar-refractivity contribution in [1.29, 1.82) is 0 Å². The largest absolute Gasteiger partial charge is 0.377 e. The van der Waals surface area contributed by atoms with E-state index in [0.717, 1.165) is 36.2 Å². The number of nitrogens with one attached hydrogen (secondary N) is 1. The van der Waals surface area contributed by atoms with Gasteiger partial charge in [0, 0.05) is 45.0 Å². The first kappa shape index (κ1) is 24.2. The molecule has 32 heavy (non-hydrogen) atoms. The van der Waals surface area contributed by atoms with E-state index in [-0.39, 0.29) is 23.3 Å². The van der Waals surface area contributed by atoms with Gasteiger partial charge in [-0.25, -0.2) is 12.8 Å². The van der Waals surface area contributed by atoms with Gasteiger partial charge in [-0.1, -0.05) is 13.8 Å². The predicted octanol–water partition coefficient (Wildman–Crippen LogP) is 4.48. The smallest absolute Gasteiger partial charge is 0.243 e. The zero-order valence-electron chi connectivity index (χ0n) is 19.1. The maximum absolute atomic E-state index is 13.4. The molecule has 2 aromatic rings. The Morgan fingerprint density at radius 1 is 1.12 bits per heavy atom. The Hall–Kier alpha value is -2.45. The summed E-state index contributed by atoms with van der Waals surface area (Å²) in [5, 5.41) is 2.92. The summed E-state index contributed by atoms with van der Waals surface area (Å²) in [5.74, 6) is 0.0297. The van der Waals surface area contributed by atoms with Gasteiger partial charge in [0.2, 0.25) is 15.9 Å². The van der Waals surface area contributed by atoms with Crippen LogP contribution in [-0.4, -0.2) is 39.3 Å². The van der Waals surface area contributed by atoms with Crippen molar-refractivity contribution < 1.29 is 17.6 Å². The molecule has 0 atom stereocenters. The number of benzene rings is 2. The second kappa shape index (κ2) is 10.0. The Morgan fingerprint density at radius 3 is 2.34 bits per heavy atom. The summed E-state index contributed by atoms with van der Waals surface area (Å²) < 4.78 is 41.6. The average molecular weight is 462 g/mol. The molecule has 1 N–H and O–H groups in total. The van der Waals surface area contributed by atoms with Gasteiger partial charge < -0.3 is 10.2 Å². The topological polar surface area (TPSA) is 69.7 Å². The molecule has 0 unspecified atom stereocenters. The molecule has 1 amide bonds. The number of carbonyl (C=O) groups excluding carboxylic acids is 1. The van der Waals surface area contributed by atoms with Crippen LogP contribution in [0.25, 0.3) is 0 Å². The third kappa shape index (κ3) is 6.29. The van der Waals surface area contributed by atoms with Crippen LogP contribution in [-0.2, 0) is 21.4 Å². The molecule has 0 heterocycles. The Balaban J connectivity index is 1.92. The van der Waals surface area contributed by atoms with E-state index in [4.69, 9.17) is 0 Å². The lowest BCUT2D eigenvalue weighted by Gasteiger charge is -2.26. The van der Waals surface area contributed by atoms with E-state index in [1.807, 2.05) is 51.0 Å². The van der Waals surface area contributed by atoms with Crippen molar-refractivity contribution in [1.82, 2.24) is 4.31 Å². The van der Waals surface area contributed by atoms with Crippen molar-refractivity contribution >= 4 is 27.3 Å². The molecular formula is C24H32FN3O3S. The van der Waals surface area contributed by atoms with Gasteiger partial charge in [0.05, 0.1) is 4.90 Å². The van der Waals surface area contributed by atoms with E-state index >= 15 is 0 Å². The number of hydrogen-bond acceptors (Lipinski definition) is 4. The highest BCUT2D eigenvalue weighted by Gasteiger charge is 2.32. The fourth-order valence-corrected chi connectivity index (χ4v) is 5.08. The zero-order valence-corrected chi connectivity index (χ0v) is 20.0. The maximum atomic E-state index is 13.4. The van der Waals surface area contributed by atoms with Crippen molar-refractivity contribution in [3.63, 3.8) is 0 Å². The number of sulfonamides is 1. The van der Waals surface area contributed by atoms with Crippen LogP contribution in [0.4, 0.5) is 15.8 Å². The minimum Gasteiger partial charge on any atom is -0.377 e. The van der Waals surface area contributed by atoms with Gasteiger partial charge in [-0.3, -0.25) is 4.79 Å². The van der Waals surface area contributed by atoms with Gasteiger partial charge in [-0.2, -0.15) is 4.31 Å². The quantitative estimate of drug-likeness (QED) is 0.567. The number of halogens is 1. The van der Waals surface area contributed by atoms with Crippen molar-refractivity contribution in [2.75, 3.05) is 30.9 Å². The lowest BCUT2D eigenvalue weighted by molar-refractivity contribution is -0.116. The molecule has 174 valence electrons. The second-order valence-corrected chi connectivity index (χ2v) is 11.0. The summed E-state index contributed by atoms with van der Waals surface area (Å²) >= 11 is 0. The first-order chi connectivity index (χ1) is 15.1. The molecule has 3 rings (SSSR count). The normalized spacial score (nSPS) is 14.1. The van der Waals surface area contributed by atoms with Crippen LogP contribution in [0.15, 0.2) is 47.4 Å². The standard InChI is InChI=1S/C24H32FN3O3S/c1-17(2)13-24(29)26-21-9-12-23(27(3)4)19(14-21)16-28(15-18-5-6-18)32(30,31)22-10-7-20(25)8-11-22/h7-12,14,17-18H,5-6,13,15-16H2,1-4H3,(H,26,29). The summed E-state index contributed by atoms with van der Waals surface area (Å²) in [6.45, 7) is 4.54. The Kier molecular flexibility index (Phi) is 7.56. The van der Waals surface area contributed by atoms with Crippen LogP contribution in [0.2, 0.25) is 0 Å². The molecule has 1 saturated carbocycles. The number of carbonyl (C=O) groups is 1. The van der Waals surface area contributed by atoms with E-state index in [0.29, 0.717) is 24.6 Å². The molecule has 1 aliphatic rings. The molecule has 0 spiro atoms. The third-order valence-corrected chi connectivity index (χ3v) is 7.22. The van der Waals surface area contributed by atoms with E-state index in [2.05, 4.69) is 5.32 Å². The number of amides is 1. The molecule has 1 fully saturated rings. The van der Waals surface area contributed by atoms with Crippen LogP contribution in [0.5, 0.6) is 0 Å². The van der Waals surface area contributed by atoms with Gasteiger partial charge in [0.15, 0.2) is 0 Å². The molecule has 6 nitrogen and oxygen atoms in total. The van der Waals surface area contributed by atoms with Crippen molar-refractivity contribution in [3.8, 4) is 0 Å². The molecular weight excluding hydrogens is 429 g/mol. The Labute approximate surface area is 190 Å². The van der Waals surface area contributed by atoms with Gasteiger partial charge >= 0.3 is 0 Å². The number of rotatable bonds is 10. The molecule has 1 aliphatic carbocycles. The minimum atomic E-state index is -3.80. The minimum absolute atomic E-state index is 0.0719. The number of nitrogens with zero attached hydrogens (tertiary/aromatic N) is 2. The molecule has 0 aromatic heterocycles. The van der Waals surface area contributed by atoms with Crippen LogP contribution in [0.1, 0.15) is 38.7 Å². The van der Waals surface area contributed by atoms with Crippen LogP contribution < -0.4 is 10.2 Å². The van der Waals surface area contributed by atoms with Gasteiger partial charge in [0.1, 0.15) is 5.82 Å². The first-order valence-corrected chi connectivity index (χ1v) is 12.4. The van der Waals surface area contributed by atoms with Crippen molar-refractivity contribution in [3.05, 3.63) is 53.8 Å². The Bertz CT molecular complexity index is 1050. The third-order valence-electron chi connectivity index (χ3n) is 5.40. The van der Waals surface area contributed by atoms with Crippen LogP contribution in [0.3, 0.4) is 0 Å². The van der Waals surface area contributed by atoms with Crippen molar-refractivity contribution in [2.45, 2.75) is 44.6 Å². The molecule has 2 aromatic carbocycles. The van der Waals surface area contributed by atoms with Gasteiger partial charge in [0.25, 0.3) is 0 Å². The van der Waals surface area contributed by atoms with Crippen LogP contribution in [0, 0.1) is 17.7 Å². The average Bonchev–Trinajstić information content (AvgIpc) is 3.51. The predicted molar refractivity (Wildman–Crippen MR) is 126 cm³/mol. The molecule has 0 saturated heterocycles. The van der Waals surface area contributed by atoms with Gasteiger partial charge in [-0.05, 0) is 72.7 Å². The highest BCUT2D eigenvalue weighted by atomic mass is 32.2. The fraction of sp³-hybridized carbons (Fsp3) is 0.458.